The van der Waals surface area contributed by atoms with Crippen LogP contribution in [0.15, 0.2) is 30.5 Å². The molecule has 0 spiro atoms. The Morgan fingerprint density at radius 1 is 1.39 bits per heavy atom. The number of carbonyl (C=O) groups is 2. The number of hydrogen-bond acceptors (Lipinski definition) is 5. The number of nitrogens with one attached hydrogen (secondary N) is 1. The van der Waals surface area contributed by atoms with Crippen molar-refractivity contribution in [1.82, 2.24) is 20.3 Å². The number of carboxylic acids is 1. The van der Waals surface area contributed by atoms with Gasteiger partial charge in [-0.25, -0.2) is 4.68 Å². The Labute approximate surface area is 142 Å². The minimum absolute atomic E-state index is 0.121. The summed E-state index contributed by atoms with van der Waals surface area (Å²) in [5.41, 5.74) is 1.58. The molecule has 0 saturated heterocycles. The Morgan fingerprint density at radius 2 is 2.22 bits per heavy atom. The van der Waals surface area contributed by atoms with E-state index in [4.69, 9.17) is 16.7 Å². The summed E-state index contributed by atoms with van der Waals surface area (Å²) in [6.07, 6.45) is 1.49. The third kappa shape index (κ3) is 6.29. The van der Waals surface area contributed by atoms with Crippen molar-refractivity contribution in [3.63, 3.8) is 0 Å². The van der Waals surface area contributed by atoms with Crippen molar-refractivity contribution in [3.05, 3.63) is 46.7 Å². The molecule has 0 aliphatic heterocycles. The van der Waals surface area contributed by atoms with Crippen LogP contribution in [0.4, 0.5) is 0 Å². The number of thioether (sulfide) groups is 1. The second-order valence-electron chi connectivity index (χ2n) is 4.70. The van der Waals surface area contributed by atoms with Crippen molar-refractivity contribution in [2.75, 3.05) is 5.75 Å². The molecule has 0 atom stereocenters. The molecule has 122 valence electrons. The van der Waals surface area contributed by atoms with E-state index in [-0.39, 0.29) is 19.0 Å². The molecule has 1 amide bonds. The number of halogens is 1. The van der Waals surface area contributed by atoms with Crippen molar-refractivity contribution in [1.29, 1.82) is 0 Å². The van der Waals surface area contributed by atoms with Gasteiger partial charge in [-0.3, -0.25) is 9.59 Å². The van der Waals surface area contributed by atoms with Crippen molar-refractivity contribution >= 4 is 35.2 Å². The van der Waals surface area contributed by atoms with Gasteiger partial charge in [-0.1, -0.05) is 28.9 Å². The Hall–Kier alpha value is -2.06. The number of aromatic nitrogens is 3. The van der Waals surface area contributed by atoms with E-state index in [0.29, 0.717) is 22.2 Å². The highest BCUT2D eigenvalue weighted by atomic mass is 35.5. The maximum Gasteiger partial charge on any atom is 0.325 e. The van der Waals surface area contributed by atoms with E-state index in [1.54, 1.807) is 6.07 Å². The number of benzene rings is 1. The standard InChI is InChI=1S/C14H15ClN4O3S/c15-11-3-1-2-10(4-11)8-23-9-13(20)16-5-12-6-19(18-17-12)7-14(21)22/h1-4,6H,5,7-9H2,(H,16,20)(H,21,22). The Morgan fingerprint density at radius 3 is 2.96 bits per heavy atom. The first-order chi connectivity index (χ1) is 11.0. The van der Waals surface area contributed by atoms with E-state index in [2.05, 4.69) is 15.6 Å². The molecule has 2 aromatic rings. The summed E-state index contributed by atoms with van der Waals surface area (Å²) in [7, 11) is 0. The molecule has 1 aromatic heterocycles. The molecule has 2 N–H and O–H groups in total. The highest BCUT2D eigenvalue weighted by molar-refractivity contribution is 7.99. The molecule has 0 unspecified atom stereocenters. The summed E-state index contributed by atoms with van der Waals surface area (Å²) >= 11 is 7.38. The van der Waals surface area contributed by atoms with Crippen LogP contribution in [0.3, 0.4) is 0 Å². The molecule has 0 fully saturated rings. The van der Waals surface area contributed by atoms with Crippen LogP contribution in [0.1, 0.15) is 11.3 Å². The van der Waals surface area contributed by atoms with Gasteiger partial charge >= 0.3 is 5.97 Å². The zero-order chi connectivity index (χ0) is 16.7. The Kier molecular flexibility index (Phi) is 6.42. The van der Waals surface area contributed by atoms with E-state index in [0.717, 1.165) is 5.56 Å². The van der Waals surface area contributed by atoms with Crippen molar-refractivity contribution in [2.24, 2.45) is 0 Å². The highest BCUT2D eigenvalue weighted by Gasteiger charge is 2.07. The lowest BCUT2D eigenvalue weighted by molar-refractivity contribution is -0.137. The largest absolute Gasteiger partial charge is 0.480 e. The van der Waals surface area contributed by atoms with E-state index in [1.807, 2.05) is 18.2 Å². The molecular formula is C14H15ClN4O3S. The first kappa shape index (κ1) is 17.3. The lowest BCUT2D eigenvalue weighted by atomic mass is 10.2. The Bertz CT molecular complexity index is 692. The Balaban J connectivity index is 1.68. The van der Waals surface area contributed by atoms with Crippen LogP contribution in [0, 0.1) is 0 Å². The summed E-state index contributed by atoms with van der Waals surface area (Å²) in [5, 5.41) is 19.5. The lowest BCUT2D eigenvalue weighted by Gasteiger charge is -2.04. The number of aliphatic carboxylic acids is 1. The molecule has 0 aliphatic carbocycles. The maximum absolute atomic E-state index is 11.8. The molecule has 0 radical (unpaired) electrons. The summed E-state index contributed by atoms with van der Waals surface area (Å²) < 4.78 is 1.21. The molecule has 23 heavy (non-hydrogen) atoms. The normalized spacial score (nSPS) is 10.5. The number of hydrogen-bond donors (Lipinski definition) is 2. The minimum Gasteiger partial charge on any atom is -0.480 e. The van der Waals surface area contributed by atoms with Gasteiger partial charge in [-0.2, -0.15) is 0 Å². The predicted molar refractivity (Wildman–Crippen MR) is 87.1 cm³/mol. The number of rotatable bonds is 8. The SMILES string of the molecule is O=C(O)Cn1cc(CNC(=O)CSCc2cccc(Cl)c2)nn1. The second-order valence-corrected chi connectivity index (χ2v) is 6.12. The number of nitrogens with zero attached hydrogens (tertiary/aromatic N) is 3. The second kappa shape index (κ2) is 8.54. The van der Waals surface area contributed by atoms with Crippen molar-refractivity contribution in [3.8, 4) is 0 Å². The average molecular weight is 355 g/mol. The maximum atomic E-state index is 11.8. The fourth-order valence-electron chi connectivity index (χ4n) is 1.76. The van der Waals surface area contributed by atoms with Crippen LogP contribution in [0.5, 0.6) is 0 Å². The van der Waals surface area contributed by atoms with Gasteiger partial charge in [0.2, 0.25) is 5.91 Å². The van der Waals surface area contributed by atoms with Gasteiger partial charge in [-0.15, -0.1) is 16.9 Å². The average Bonchev–Trinajstić information content (AvgIpc) is 2.92. The van der Waals surface area contributed by atoms with Gasteiger partial charge in [0.1, 0.15) is 12.2 Å². The van der Waals surface area contributed by atoms with Gasteiger partial charge < -0.3 is 10.4 Å². The van der Waals surface area contributed by atoms with E-state index in [9.17, 15) is 9.59 Å². The van der Waals surface area contributed by atoms with Gasteiger partial charge in [0, 0.05) is 10.8 Å². The minimum atomic E-state index is -0.997. The monoisotopic (exact) mass is 354 g/mol. The van der Waals surface area contributed by atoms with Crippen LogP contribution in [0.2, 0.25) is 5.02 Å². The van der Waals surface area contributed by atoms with Crippen molar-refractivity contribution in [2.45, 2.75) is 18.8 Å². The summed E-state index contributed by atoms with van der Waals surface area (Å²) in [6.45, 7) is -0.0351. The first-order valence-electron chi connectivity index (χ1n) is 6.72. The third-order valence-corrected chi connectivity index (χ3v) is 3.98. The first-order valence-corrected chi connectivity index (χ1v) is 8.26. The molecule has 0 aliphatic rings. The van der Waals surface area contributed by atoms with Gasteiger partial charge in [-0.05, 0) is 17.7 Å². The quantitative estimate of drug-likeness (QED) is 0.746. The molecule has 7 nitrogen and oxygen atoms in total. The molecule has 9 heteroatoms. The smallest absolute Gasteiger partial charge is 0.325 e. The lowest BCUT2D eigenvalue weighted by Crippen LogP contribution is -2.24. The van der Waals surface area contributed by atoms with Crippen LogP contribution in [-0.2, 0) is 28.4 Å². The molecule has 0 bridgehead atoms. The van der Waals surface area contributed by atoms with Gasteiger partial charge in [0.15, 0.2) is 0 Å². The molecule has 0 saturated carbocycles. The zero-order valence-corrected chi connectivity index (χ0v) is 13.7. The van der Waals surface area contributed by atoms with E-state index in [1.165, 1.54) is 22.6 Å². The fraction of sp³-hybridized carbons (Fsp3) is 0.286. The highest BCUT2D eigenvalue weighted by Crippen LogP contribution is 2.16. The van der Waals surface area contributed by atoms with Gasteiger partial charge in [0.05, 0.1) is 18.5 Å². The summed E-state index contributed by atoms with van der Waals surface area (Å²) in [5.74, 6) is -0.105. The van der Waals surface area contributed by atoms with Gasteiger partial charge in [0.25, 0.3) is 0 Å². The number of amides is 1. The van der Waals surface area contributed by atoms with E-state index < -0.39 is 5.97 Å². The summed E-state index contributed by atoms with van der Waals surface area (Å²) in [4.78, 5) is 22.3. The predicted octanol–water partition coefficient (Wildman–Crippen LogP) is 1.57. The van der Waals surface area contributed by atoms with Crippen LogP contribution < -0.4 is 5.32 Å². The number of carbonyl (C=O) groups excluding carboxylic acids is 1. The number of carboxylic acid groups (broad SMARTS) is 1. The fourth-order valence-corrected chi connectivity index (χ4v) is 2.78. The van der Waals surface area contributed by atoms with Crippen LogP contribution in [-0.4, -0.2) is 37.7 Å². The topological polar surface area (TPSA) is 97.1 Å². The molecule has 1 heterocycles. The summed E-state index contributed by atoms with van der Waals surface area (Å²) in [6, 6.07) is 7.50. The molecule has 1 aromatic carbocycles. The third-order valence-electron chi connectivity index (χ3n) is 2.74. The van der Waals surface area contributed by atoms with E-state index >= 15 is 0 Å². The van der Waals surface area contributed by atoms with Crippen LogP contribution in [0.25, 0.3) is 0 Å². The van der Waals surface area contributed by atoms with Crippen LogP contribution >= 0.6 is 23.4 Å². The molecular weight excluding hydrogens is 340 g/mol. The zero-order valence-electron chi connectivity index (χ0n) is 12.1. The molecule has 2 rings (SSSR count). The van der Waals surface area contributed by atoms with Crippen molar-refractivity contribution < 1.29 is 14.7 Å².